The van der Waals surface area contributed by atoms with Crippen molar-refractivity contribution in [3.05, 3.63) is 29.8 Å². The minimum Gasteiger partial charge on any atom is -0.316 e. The second-order valence-electron chi connectivity index (χ2n) is 3.70. The van der Waals surface area contributed by atoms with Crippen molar-refractivity contribution in [2.75, 3.05) is 18.8 Å². The van der Waals surface area contributed by atoms with Gasteiger partial charge in [0.05, 0.1) is 16.2 Å². The highest BCUT2D eigenvalue weighted by molar-refractivity contribution is 7.91. The average molecular weight is 281 g/mol. The molecule has 1 N–H and O–H groups in total. The van der Waals surface area contributed by atoms with Crippen LogP contribution in [0.3, 0.4) is 0 Å². The summed E-state index contributed by atoms with van der Waals surface area (Å²) < 4.78 is 60.9. The van der Waals surface area contributed by atoms with Gasteiger partial charge in [-0.15, -0.1) is 0 Å². The van der Waals surface area contributed by atoms with E-state index in [1.807, 2.05) is 6.92 Å². The topological polar surface area (TPSA) is 46.2 Å². The Morgan fingerprint density at radius 1 is 1.28 bits per heavy atom. The lowest BCUT2D eigenvalue weighted by Gasteiger charge is -2.09. The molecule has 1 aromatic carbocycles. The van der Waals surface area contributed by atoms with Gasteiger partial charge in [-0.25, -0.2) is 8.42 Å². The van der Waals surface area contributed by atoms with Crippen LogP contribution in [-0.2, 0) is 16.0 Å². The van der Waals surface area contributed by atoms with Crippen LogP contribution in [0.15, 0.2) is 29.2 Å². The molecule has 0 radical (unpaired) electrons. The van der Waals surface area contributed by atoms with Gasteiger partial charge in [0.15, 0.2) is 9.84 Å². The molecule has 0 bridgehead atoms. The zero-order valence-corrected chi connectivity index (χ0v) is 10.6. The highest BCUT2D eigenvalue weighted by Gasteiger charge is 2.31. The SMILES string of the molecule is CCNCCS(=O)(=O)c1cccc(C(F)(F)F)c1. The summed E-state index contributed by atoms with van der Waals surface area (Å²) in [5.74, 6) is -0.220. The third-order valence-corrected chi connectivity index (χ3v) is 4.03. The molecule has 0 saturated carbocycles. The number of hydrogen-bond acceptors (Lipinski definition) is 3. The first-order valence-corrected chi connectivity index (χ1v) is 7.03. The fraction of sp³-hybridized carbons (Fsp3) is 0.455. The quantitative estimate of drug-likeness (QED) is 0.841. The molecular formula is C11H14F3NO2S. The van der Waals surface area contributed by atoms with Crippen molar-refractivity contribution in [1.29, 1.82) is 0 Å². The first-order chi connectivity index (χ1) is 8.27. The van der Waals surface area contributed by atoms with Crippen LogP contribution >= 0.6 is 0 Å². The smallest absolute Gasteiger partial charge is 0.316 e. The van der Waals surface area contributed by atoms with E-state index in [1.165, 1.54) is 6.07 Å². The van der Waals surface area contributed by atoms with E-state index in [1.54, 1.807) is 0 Å². The summed E-state index contributed by atoms with van der Waals surface area (Å²) in [6, 6.07) is 3.80. The second kappa shape index (κ2) is 5.71. The number of nitrogens with one attached hydrogen (secondary N) is 1. The van der Waals surface area contributed by atoms with Gasteiger partial charge in [-0.3, -0.25) is 0 Å². The van der Waals surface area contributed by atoms with Crippen molar-refractivity contribution in [3.8, 4) is 0 Å². The molecule has 0 unspecified atom stereocenters. The summed E-state index contributed by atoms with van der Waals surface area (Å²) in [7, 11) is -3.68. The highest BCUT2D eigenvalue weighted by atomic mass is 32.2. The lowest BCUT2D eigenvalue weighted by atomic mass is 10.2. The van der Waals surface area contributed by atoms with E-state index >= 15 is 0 Å². The fourth-order valence-electron chi connectivity index (χ4n) is 1.37. The average Bonchev–Trinajstić information content (AvgIpc) is 2.28. The first-order valence-electron chi connectivity index (χ1n) is 5.38. The van der Waals surface area contributed by atoms with Crippen LogP contribution in [-0.4, -0.2) is 27.3 Å². The Bertz CT molecular complexity index is 497. The van der Waals surface area contributed by atoms with Crippen molar-refractivity contribution >= 4 is 9.84 Å². The van der Waals surface area contributed by atoms with E-state index in [0.717, 1.165) is 12.1 Å². The Hall–Kier alpha value is -1.08. The van der Waals surface area contributed by atoms with Gasteiger partial charge in [-0.1, -0.05) is 13.0 Å². The van der Waals surface area contributed by atoms with E-state index in [2.05, 4.69) is 5.32 Å². The van der Waals surface area contributed by atoms with Crippen LogP contribution < -0.4 is 5.32 Å². The molecule has 1 rings (SSSR count). The number of halogens is 3. The number of rotatable bonds is 5. The molecular weight excluding hydrogens is 267 g/mol. The molecule has 0 aliphatic carbocycles. The van der Waals surface area contributed by atoms with Crippen LogP contribution in [0.2, 0.25) is 0 Å². The van der Waals surface area contributed by atoms with Crippen LogP contribution in [0, 0.1) is 0 Å². The standard InChI is InChI=1S/C11H14F3NO2S/c1-2-15-6-7-18(16,17)10-5-3-4-9(8-10)11(12,13)14/h3-5,8,15H,2,6-7H2,1H3. The molecule has 3 nitrogen and oxygen atoms in total. The third-order valence-electron chi connectivity index (χ3n) is 2.32. The lowest BCUT2D eigenvalue weighted by molar-refractivity contribution is -0.137. The van der Waals surface area contributed by atoms with Gasteiger partial charge in [0.1, 0.15) is 0 Å². The van der Waals surface area contributed by atoms with E-state index in [0.29, 0.717) is 12.6 Å². The molecule has 7 heteroatoms. The van der Waals surface area contributed by atoms with Gasteiger partial charge in [-0.2, -0.15) is 13.2 Å². The summed E-state index contributed by atoms with van der Waals surface area (Å²) in [4.78, 5) is -0.296. The Balaban J connectivity index is 2.96. The summed E-state index contributed by atoms with van der Waals surface area (Å²) in [6.07, 6.45) is -4.53. The lowest BCUT2D eigenvalue weighted by Crippen LogP contribution is -2.22. The largest absolute Gasteiger partial charge is 0.416 e. The summed E-state index contributed by atoms with van der Waals surface area (Å²) >= 11 is 0. The van der Waals surface area contributed by atoms with Crippen molar-refractivity contribution in [1.82, 2.24) is 5.32 Å². The zero-order valence-electron chi connectivity index (χ0n) is 9.79. The zero-order chi connectivity index (χ0) is 13.8. The van der Waals surface area contributed by atoms with Gasteiger partial charge >= 0.3 is 6.18 Å². The van der Waals surface area contributed by atoms with Crippen molar-refractivity contribution in [2.24, 2.45) is 0 Å². The van der Waals surface area contributed by atoms with Crippen molar-refractivity contribution in [2.45, 2.75) is 18.0 Å². The number of sulfone groups is 1. The molecule has 18 heavy (non-hydrogen) atoms. The van der Waals surface area contributed by atoms with E-state index in [-0.39, 0.29) is 17.2 Å². The van der Waals surface area contributed by atoms with Gasteiger partial charge in [0, 0.05) is 6.54 Å². The predicted molar refractivity (Wildman–Crippen MR) is 62.0 cm³/mol. The Morgan fingerprint density at radius 3 is 2.50 bits per heavy atom. The maximum absolute atomic E-state index is 12.5. The van der Waals surface area contributed by atoms with E-state index < -0.39 is 21.6 Å². The number of benzene rings is 1. The molecule has 0 saturated heterocycles. The molecule has 0 fully saturated rings. The first kappa shape index (κ1) is 15.0. The normalized spacial score (nSPS) is 12.7. The third kappa shape index (κ3) is 3.99. The maximum Gasteiger partial charge on any atom is 0.416 e. The maximum atomic E-state index is 12.5. The molecule has 102 valence electrons. The Labute approximate surface area is 104 Å². The minimum atomic E-state index is -4.53. The Kier molecular flexibility index (Phi) is 4.75. The van der Waals surface area contributed by atoms with E-state index in [9.17, 15) is 21.6 Å². The monoisotopic (exact) mass is 281 g/mol. The predicted octanol–water partition coefficient (Wildman–Crippen LogP) is 2.09. The van der Waals surface area contributed by atoms with Gasteiger partial charge < -0.3 is 5.32 Å². The van der Waals surface area contributed by atoms with Crippen LogP contribution in [0.4, 0.5) is 13.2 Å². The fourth-order valence-corrected chi connectivity index (χ4v) is 2.61. The van der Waals surface area contributed by atoms with Gasteiger partial charge in [-0.05, 0) is 24.7 Å². The molecule has 0 aliphatic rings. The molecule has 1 aromatic rings. The second-order valence-corrected chi connectivity index (χ2v) is 5.81. The van der Waals surface area contributed by atoms with Crippen molar-refractivity contribution in [3.63, 3.8) is 0 Å². The Morgan fingerprint density at radius 2 is 1.94 bits per heavy atom. The van der Waals surface area contributed by atoms with E-state index in [4.69, 9.17) is 0 Å². The number of hydrogen-bond donors (Lipinski definition) is 1. The molecule has 0 atom stereocenters. The van der Waals surface area contributed by atoms with Gasteiger partial charge in [0.2, 0.25) is 0 Å². The highest BCUT2D eigenvalue weighted by Crippen LogP contribution is 2.30. The van der Waals surface area contributed by atoms with Crippen molar-refractivity contribution < 1.29 is 21.6 Å². The summed E-state index contributed by atoms with van der Waals surface area (Å²) in [5.41, 5.74) is -0.952. The number of alkyl halides is 3. The molecule has 0 aliphatic heterocycles. The molecule has 0 aromatic heterocycles. The summed E-state index contributed by atoms with van der Waals surface area (Å²) in [6.45, 7) is 2.64. The van der Waals surface area contributed by atoms with Crippen LogP contribution in [0.25, 0.3) is 0 Å². The molecule has 0 heterocycles. The minimum absolute atomic E-state index is 0.217. The van der Waals surface area contributed by atoms with Gasteiger partial charge in [0.25, 0.3) is 0 Å². The molecule has 0 amide bonds. The molecule has 0 spiro atoms. The van der Waals surface area contributed by atoms with Crippen LogP contribution in [0.1, 0.15) is 12.5 Å². The van der Waals surface area contributed by atoms with Crippen LogP contribution in [0.5, 0.6) is 0 Å². The summed E-state index contributed by atoms with van der Waals surface area (Å²) in [5, 5.41) is 2.82.